The number of amides is 2. The standard InChI is InChI=1S/C13H18N2O2S/c1-9(2)14-13(17)11-5-6-12(16)15(11)8-10-4-3-7-18-10/h3-4,7,9,11H,5-6,8H2,1-2H3,(H,14,17). The third kappa shape index (κ3) is 2.90. The lowest BCUT2D eigenvalue weighted by molar-refractivity contribution is -0.136. The van der Waals surface area contributed by atoms with Gasteiger partial charge in [-0.3, -0.25) is 9.59 Å². The second-order valence-electron chi connectivity index (χ2n) is 4.82. The Morgan fingerprint density at radius 1 is 1.61 bits per heavy atom. The van der Waals surface area contributed by atoms with E-state index in [9.17, 15) is 9.59 Å². The molecule has 1 atom stereocenters. The van der Waals surface area contributed by atoms with E-state index in [0.29, 0.717) is 19.4 Å². The Balaban J connectivity index is 2.05. The molecule has 98 valence electrons. The summed E-state index contributed by atoms with van der Waals surface area (Å²) in [6.07, 6.45) is 1.10. The van der Waals surface area contributed by atoms with E-state index in [-0.39, 0.29) is 23.9 Å². The maximum Gasteiger partial charge on any atom is 0.243 e. The molecule has 2 heterocycles. The van der Waals surface area contributed by atoms with Crippen molar-refractivity contribution >= 4 is 23.2 Å². The first-order valence-electron chi connectivity index (χ1n) is 6.20. The van der Waals surface area contributed by atoms with Gasteiger partial charge in [-0.15, -0.1) is 11.3 Å². The van der Waals surface area contributed by atoms with E-state index in [1.165, 1.54) is 0 Å². The summed E-state index contributed by atoms with van der Waals surface area (Å²) in [4.78, 5) is 26.7. The van der Waals surface area contributed by atoms with Gasteiger partial charge in [-0.05, 0) is 31.7 Å². The highest BCUT2D eigenvalue weighted by Crippen LogP contribution is 2.23. The molecule has 1 fully saturated rings. The molecular weight excluding hydrogens is 248 g/mol. The Kier molecular flexibility index (Phi) is 4.01. The molecule has 1 aromatic rings. The molecule has 18 heavy (non-hydrogen) atoms. The number of carbonyl (C=O) groups excluding carboxylic acids is 2. The lowest BCUT2D eigenvalue weighted by Gasteiger charge is -2.24. The average Bonchev–Trinajstić information content (AvgIpc) is 2.90. The molecule has 0 saturated carbocycles. The number of thiophene rings is 1. The summed E-state index contributed by atoms with van der Waals surface area (Å²) >= 11 is 1.61. The van der Waals surface area contributed by atoms with Gasteiger partial charge in [0.25, 0.3) is 0 Å². The SMILES string of the molecule is CC(C)NC(=O)C1CCC(=O)N1Cc1cccs1. The van der Waals surface area contributed by atoms with E-state index >= 15 is 0 Å². The number of hydrogen-bond acceptors (Lipinski definition) is 3. The van der Waals surface area contributed by atoms with Crippen molar-refractivity contribution in [2.24, 2.45) is 0 Å². The van der Waals surface area contributed by atoms with Gasteiger partial charge in [0.05, 0.1) is 6.54 Å². The van der Waals surface area contributed by atoms with Gasteiger partial charge in [0, 0.05) is 17.3 Å². The van der Waals surface area contributed by atoms with Crippen LogP contribution in [0.5, 0.6) is 0 Å². The van der Waals surface area contributed by atoms with E-state index in [0.717, 1.165) is 4.88 Å². The third-order valence-corrected chi connectivity index (χ3v) is 3.83. The third-order valence-electron chi connectivity index (χ3n) is 2.97. The summed E-state index contributed by atoms with van der Waals surface area (Å²) in [6.45, 7) is 4.41. The van der Waals surface area contributed by atoms with E-state index in [2.05, 4.69) is 5.32 Å². The molecule has 4 nitrogen and oxygen atoms in total. The van der Waals surface area contributed by atoms with Gasteiger partial charge in [0.1, 0.15) is 6.04 Å². The minimum Gasteiger partial charge on any atom is -0.352 e. The first-order chi connectivity index (χ1) is 8.58. The largest absolute Gasteiger partial charge is 0.352 e. The fraction of sp³-hybridized carbons (Fsp3) is 0.538. The molecule has 0 aliphatic carbocycles. The van der Waals surface area contributed by atoms with Crippen molar-refractivity contribution in [2.45, 2.75) is 45.3 Å². The Bertz CT molecular complexity index is 428. The number of likely N-dealkylation sites (tertiary alicyclic amines) is 1. The van der Waals surface area contributed by atoms with Crippen LogP contribution in [-0.2, 0) is 16.1 Å². The van der Waals surface area contributed by atoms with Crippen molar-refractivity contribution < 1.29 is 9.59 Å². The second-order valence-corrected chi connectivity index (χ2v) is 5.85. The zero-order valence-electron chi connectivity index (χ0n) is 10.7. The number of nitrogens with one attached hydrogen (secondary N) is 1. The van der Waals surface area contributed by atoms with Crippen molar-refractivity contribution in [3.05, 3.63) is 22.4 Å². The van der Waals surface area contributed by atoms with Crippen molar-refractivity contribution in [1.82, 2.24) is 10.2 Å². The van der Waals surface area contributed by atoms with E-state index in [1.54, 1.807) is 16.2 Å². The Morgan fingerprint density at radius 2 is 2.39 bits per heavy atom. The summed E-state index contributed by atoms with van der Waals surface area (Å²) in [6, 6.07) is 3.76. The molecule has 0 radical (unpaired) electrons. The molecule has 2 rings (SSSR count). The molecule has 2 amide bonds. The van der Waals surface area contributed by atoms with Crippen molar-refractivity contribution in [3.63, 3.8) is 0 Å². The molecular formula is C13H18N2O2S. The van der Waals surface area contributed by atoms with Gasteiger partial charge in [-0.25, -0.2) is 0 Å². The van der Waals surface area contributed by atoms with Gasteiger partial charge in [0.15, 0.2) is 0 Å². The molecule has 0 spiro atoms. The predicted molar refractivity (Wildman–Crippen MR) is 71.2 cm³/mol. The van der Waals surface area contributed by atoms with Crippen molar-refractivity contribution in [1.29, 1.82) is 0 Å². The van der Waals surface area contributed by atoms with E-state index in [1.807, 2.05) is 31.4 Å². The van der Waals surface area contributed by atoms with Crippen molar-refractivity contribution in [3.8, 4) is 0 Å². The quantitative estimate of drug-likeness (QED) is 0.903. The average molecular weight is 266 g/mol. The van der Waals surface area contributed by atoms with Gasteiger partial charge >= 0.3 is 0 Å². The van der Waals surface area contributed by atoms with Crippen LogP contribution in [0, 0.1) is 0 Å². The summed E-state index contributed by atoms with van der Waals surface area (Å²) in [5.41, 5.74) is 0. The van der Waals surface area contributed by atoms with Crippen LogP contribution in [0.1, 0.15) is 31.6 Å². The molecule has 1 aliphatic heterocycles. The molecule has 1 N–H and O–H groups in total. The van der Waals surface area contributed by atoms with E-state index < -0.39 is 0 Å². The van der Waals surface area contributed by atoms with Crippen LogP contribution in [0.15, 0.2) is 17.5 Å². The highest BCUT2D eigenvalue weighted by Gasteiger charge is 2.36. The van der Waals surface area contributed by atoms with E-state index in [4.69, 9.17) is 0 Å². The first-order valence-corrected chi connectivity index (χ1v) is 7.08. The molecule has 0 aromatic carbocycles. The Labute approximate surface area is 111 Å². The molecule has 1 unspecified atom stereocenters. The summed E-state index contributed by atoms with van der Waals surface area (Å²) in [5, 5.41) is 4.87. The Morgan fingerprint density at radius 3 is 3.00 bits per heavy atom. The molecule has 5 heteroatoms. The number of hydrogen-bond donors (Lipinski definition) is 1. The van der Waals surface area contributed by atoms with Crippen LogP contribution in [0.4, 0.5) is 0 Å². The van der Waals surface area contributed by atoms with Crippen molar-refractivity contribution in [2.75, 3.05) is 0 Å². The summed E-state index contributed by atoms with van der Waals surface area (Å²) in [5.74, 6) is 0.0414. The zero-order chi connectivity index (χ0) is 13.1. The minimum atomic E-state index is -0.304. The van der Waals surface area contributed by atoms with Gasteiger partial charge in [-0.1, -0.05) is 6.07 Å². The van der Waals surface area contributed by atoms with Crippen LogP contribution in [0.2, 0.25) is 0 Å². The maximum absolute atomic E-state index is 12.0. The van der Waals surface area contributed by atoms with Crippen LogP contribution < -0.4 is 5.32 Å². The van der Waals surface area contributed by atoms with Gasteiger partial charge < -0.3 is 10.2 Å². The predicted octanol–water partition coefficient (Wildman–Crippen LogP) is 1.76. The lowest BCUT2D eigenvalue weighted by atomic mass is 10.2. The highest BCUT2D eigenvalue weighted by atomic mass is 32.1. The lowest BCUT2D eigenvalue weighted by Crippen LogP contribution is -2.46. The molecule has 1 saturated heterocycles. The fourth-order valence-corrected chi connectivity index (χ4v) is 2.86. The maximum atomic E-state index is 12.0. The summed E-state index contributed by atoms with van der Waals surface area (Å²) < 4.78 is 0. The number of rotatable bonds is 4. The van der Waals surface area contributed by atoms with Crippen LogP contribution >= 0.6 is 11.3 Å². The minimum absolute atomic E-state index is 0.0348. The molecule has 1 aromatic heterocycles. The number of nitrogens with zero attached hydrogens (tertiary/aromatic N) is 1. The summed E-state index contributed by atoms with van der Waals surface area (Å²) in [7, 11) is 0. The smallest absolute Gasteiger partial charge is 0.243 e. The van der Waals surface area contributed by atoms with Crippen LogP contribution in [0.3, 0.4) is 0 Å². The zero-order valence-corrected chi connectivity index (χ0v) is 11.5. The monoisotopic (exact) mass is 266 g/mol. The molecule has 0 bridgehead atoms. The van der Waals surface area contributed by atoms with Gasteiger partial charge in [-0.2, -0.15) is 0 Å². The number of carbonyl (C=O) groups is 2. The second kappa shape index (κ2) is 5.52. The topological polar surface area (TPSA) is 49.4 Å². The van der Waals surface area contributed by atoms with Crippen LogP contribution in [0.25, 0.3) is 0 Å². The normalized spacial score (nSPS) is 19.6. The molecule has 1 aliphatic rings. The van der Waals surface area contributed by atoms with Crippen LogP contribution in [-0.4, -0.2) is 28.8 Å². The Hall–Kier alpha value is -1.36. The fourth-order valence-electron chi connectivity index (χ4n) is 2.16. The first kappa shape index (κ1) is 13.1. The van der Waals surface area contributed by atoms with Gasteiger partial charge in [0.2, 0.25) is 11.8 Å². The highest BCUT2D eigenvalue weighted by molar-refractivity contribution is 7.09.